The van der Waals surface area contributed by atoms with Crippen molar-refractivity contribution in [3.05, 3.63) is 42.2 Å². The van der Waals surface area contributed by atoms with E-state index in [1.807, 2.05) is 12.1 Å². The smallest absolute Gasteiger partial charge is 0.254 e. The summed E-state index contributed by atoms with van der Waals surface area (Å²) in [4.78, 5) is 14.5. The average molecular weight is 300 g/mol. The van der Waals surface area contributed by atoms with Gasteiger partial charge in [0.05, 0.1) is 29.7 Å². The van der Waals surface area contributed by atoms with Crippen LogP contribution in [0.1, 0.15) is 37.0 Å². The number of benzene rings is 1. The van der Waals surface area contributed by atoms with Gasteiger partial charge in [-0.1, -0.05) is 5.21 Å². The van der Waals surface area contributed by atoms with Gasteiger partial charge in [-0.15, -0.1) is 5.10 Å². The van der Waals surface area contributed by atoms with E-state index in [-0.39, 0.29) is 11.9 Å². The second kappa shape index (κ2) is 5.53. The third-order valence-corrected chi connectivity index (χ3v) is 4.13. The molecule has 1 fully saturated rings. The van der Waals surface area contributed by atoms with Gasteiger partial charge in [-0.2, -0.15) is 0 Å². The van der Waals surface area contributed by atoms with Gasteiger partial charge in [0.15, 0.2) is 0 Å². The SMILES string of the molecule is CC(C)(O)C1CCCN1C(=O)c1ccc(-n2ccnn2)cc1. The summed E-state index contributed by atoms with van der Waals surface area (Å²) in [5.74, 6) is -0.0326. The van der Waals surface area contributed by atoms with E-state index in [1.54, 1.807) is 48.0 Å². The minimum Gasteiger partial charge on any atom is -0.388 e. The Morgan fingerprint density at radius 2 is 2.05 bits per heavy atom. The summed E-state index contributed by atoms with van der Waals surface area (Å²) in [6.45, 7) is 4.21. The minimum atomic E-state index is -0.882. The molecule has 0 aliphatic carbocycles. The molecule has 1 amide bonds. The average Bonchev–Trinajstić information content (AvgIpc) is 3.17. The Morgan fingerprint density at radius 3 is 2.64 bits per heavy atom. The Bertz CT molecular complexity index is 644. The molecule has 0 radical (unpaired) electrons. The number of aromatic nitrogens is 3. The third kappa shape index (κ3) is 2.74. The first-order valence-electron chi connectivity index (χ1n) is 7.47. The van der Waals surface area contributed by atoms with Crippen LogP contribution < -0.4 is 0 Å². The second-order valence-corrected chi connectivity index (χ2v) is 6.20. The molecule has 3 rings (SSSR count). The normalized spacial score (nSPS) is 18.7. The van der Waals surface area contributed by atoms with Crippen LogP contribution in [-0.2, 0) is 0 Å². The van der Waals surface area contributed by atoms with Crippen molar-refractivity contribution >= 4 is 5.91 Å². The third-order valence-electron chi connectivity index (χ3n) is 4.13. The number of hydrogen-bond acceptors (Lipinski definition) is 4. The molecule has 1 N–H and O–H groups in total. The van der Waals surface area contributed by atoms with Gasteiger partial charge in [-0.25, -0.2) is 4.68 Å². The van der Waals surface area contributed by atoms with Gasteiger partial charge in [-0.3, -0.25) is 4.79 Å². The van der Waals surface area contributed by atoms with Crippen LogP contribution in [0.5, 0.6) is 0 Å². The van der Waals surface area contributed by atoms with Gasteiger partial charge in [0, 0.05) is 12.1 Å². The van der Waals surface area contributed by atoms with Crippen LogP contribution in [0.25, 0.3) is 5.69 Å². The van der Waals surface area contributed by atoms with Crippen molar-refractivity contribution in [1.82, 2.24) is 19.9 Å². The van der Waals surface area contributed by atoms with E-state index in [1.165, 1.54) is 0 Å². The van der Waals surface area contributed by atoms with E-state index < -0.39 is 5.60 Å². The van der Waals surface area contributed by atoms with Crippen molar-refractivity contribution in [2.24, 2.45) is 0 Å². The Hall–Kier alpha value is -2.21. The first kappa shape index (κ1) is 14.7. The van der Waals surface area contributed by atoms with Crippen molar-refractivity contribution < 1.29 is 9.90 Å². The predicted molar refractivity (Wildman–Crippen MR) is 81.7 cm³/mol. The molecule has 1 aliphatic rings. The molecular formula is C16H20N4O2. The zero-order valence-electron chi connectivity index (χ0n) is 12.8. The molecule has 1 unspecified atom stereocenters. The van der Waals surface area contributed by atoms with Gasteiger partial charge >= 0.3 is 0 Å². The lowest BCUT2D eigenvalue weighted by Gasteiger charge is -2.33. The first-order chi connectivity index (χ1) is 10.5. The Balaban J connectivity index is 1.80. The largest absolute Gasteiger partial charge is 0.388 e. The zero-order valence-corrected chi connectivity index (χ0v) is 12.8. The van der Waals surface area contributed by atoms with Crippen LogP contribution in [0.15, 0.2) is 36.7 Å². The fraction of sp³-hybridized carbons (Fsp3) is 0.438. The lowest BCUT2D eigenvalue weighted by molar-refractivity contribution is 0.000336. The van der Waals surface area contributed by atoms with Crippen LogP contribution in [0.3, 0.4) is 0 Å². The van der Waals surface area contributed by atoms with Crippen molar-refractivity contribution in [3.63, 3.8) is 0 Å². The van der Waals surface area contributed by atoms with E-state index in [0.717, 1.165) is 18.5 Å². The number of carbonyl (C=O) groups excluding carboxylic acids is 1. The highest BCUT2D eigenvalue weighted by Crippen LogP contribution is 2.28. The number of rotatable bonds is 3. The number of nitrogens with zero attached hydrogens (tertiary/aromatic N) is 4. The van der Waals surface area contributed by atoms with E-state index in [2.05, 4.69) is 10.3 Å². The maximum atomic E-state index is 12.7. The summed E-state index contributed by atoms with van der Waals surface area (Å²) >= 11 is 0. The monoisotopic (exact) mass is 300 g/mol. The highest BCUT2D eigenvalue weighted by molar-refractivity contribution is 5.94. The van der Waals surface area contributed by atoms with E-state index in [0.29, 0.717) is 12.1 Å². The van der Waals surface area contributed by atoms with Crippen LogP contribution >= 0.6 is 0 Å². The van der Waals surface area contributed by atoms with Gasteiger partial charge in [0.25, 0.3) is 5.91 Å². The minimum absolute atomic E-state index is 0.0326. The van der Waals surface area contributed by atoms with E-state index in [4.69, 9.17) is 0 Å². The molecule has 6 heteroatoms. The summed E-state index contributed by atoms with van der Waals surface area (Å²) in [5.41, 5.74) is 0.599. The van der Waals surface area contributed by atoms with Crippen LogP contribution in [0.2, 0.25) is 0 Å². The number of hydrogen-bond donors (Lipinski definition) is 1. The summed E-state index contributed by atoms with van der Waals surface area (Å²) < 4.78 is 1.64. The Labute approximate surface area is 129 Å². The fourth-order valence-corrected chi connectivity index (χ4v) is 3.01. The van der Waals surface area contributed by atoms with Crippen LogP contribution in [-0.4, -0.2) is 49.1 Å². The van der Waals surface area contributed by atoms with Gasteiger partial charge < -0.3 is 10.0 Å². The molecule has 1 aliphatic heterocycles. The molecular weight excluding hydrogens is 280 g/mol. The van der Waals surface area contributed by atoms with Gasteiger partial charge in [0.2, 0.25) is 0 Å². The van der Waals surface area contributed by atoms with Crippen molar-refractivity contribution in [2.45, 2.75) is 38.3 Å². The molecule has 2 heterocycles. The van der Waals surface area contributed by atoms with Crippen molar-refractivity contribution in [3.8, 4) is 5.69 Å². The first-order valence-corrected chi connectivity index (χ1v) is 7.47. The van der Waals surface area contributed by atoms with E-state index >= 15 is 0 Å². The number of likely N-dealkylation sites (tertiary alicyclic amines) is 1. The lowest BCUT2D eigenvalue weighted by Crippen LogP contribution is -2.48. The summed E-state index contributed by atoms with van der Waals surface area (Å²) in [5, 5.41) is 17.9. The summed E-state index contributed by atoms with van der Waals surface area (Å²) in [6, 6.07) is 7.14. The van der Waals surface area contributed by atoms with Gasteiger partial charge in [-0.05, 0) is 51.0 Å². The highest BCUT2D eigenvalue weighted by atomic mass is 16.3. The molecule has 116 valence electrons. The molecule has 1 atom stereocenters. The standard InChI is InChI=1S/C16H20N4O2/c1-16(2,22)14-4-3-10-19(14)15(21)12-5-7-13(8-6-12)20-11-9-17-18-20/h5-9,11,14,22H,3-4,10H2,1-2H3. The molecule has 0 spiro atoms. The molecule has 0 saturated carbocycles. The summed E-state index contributed by atoms with van der Waals surface area (Å²) in [6.07, 6.45) is 5.13. The van der Waals surface area contributed by atoms with Crippen molar-refractivity contribution in [2.75, 3.05) is 6.54 Å². The predicted octanol–water partition coefficient (Wildman–Crippen LogP) is 1.64. The zero-order chi connectivity index (χ0) is 15.7. The molecule has 0 bridgehead atoms. The molecule has 1 saturated heterocycles. The van der Waals surface area contributed by atoms with Gasteiger partial charge in [0.1, 0.15) is 0 Å². The number of carbonyl (C=O) groups is 1. The molecule has 22 heavy (non-hydrogen) atoms. The molecule has 1 aromatic carbocycles. The highest BCUT2D eigenvalue weighted by Gasteiger charge is 2.38. The lowest BCUT2D eigenvalue weighted by atomic mass is 9.96. The van der Waals surface area contributed by atoms with Crippen LogP contribution in [0, 0.1) is 0 Å². The quantitative estimate of drug-likeness (QED) is 0.935. The second-order valence-electron chi connectivity index (χ2n) is 6.20. The molecule has 1 aromatic heterocycles. The maximum absolute atomic E-state index is 12.7. The maximum Gasteiger partial charge on any atom is 0.254 e. The summed E-state index contributed by atoms with van der Waals surface area (Å²) in [7, 11) is 0. The molecule has 6 nitrogen and oxygen atoms in total. The fourth-order valence-electron chi connectivity index (χ4n) is 3.01. The Morgan fingerprint density at radius 1 is 1.32 bits per heavy atom. The topological polar surface area (TPSA) is 71.2 Å². The van der Waals surface area contributed by atoms with Crippen LogP contribution in [0.4, 0.5) is 0 Å². The molecule has 2 aromatic rings. The Kier molecular flexibility index (Phi) is 3.70. The number of aliphatic hydroxyl groups is 1. The number of amides is 1. The van der Waals surface area contributed by atoms with E-state index in [9.17, 15) is 9.90 Å². The van der Waals surface area contributed by atoms with Crippen molar-refractivity contribution in [1.29, 1.82) is 0 Å².